The van der Waals surface area contributed by atoms with Gasteiger partial charge in [0.2, 0.25) is 0 Å². The van der Waals surface area contributed by atoms with Crippen LogP contribution in [0.1, 0.15) is 17.5 Å². The molecule has 0 unspecified atom stereocenters. The molecule has 1 aliphatic carbocycles. The highest BCUT2D eigenvalue weighted by Gasteiger charge is 2.21. The van der Waals surface area contributed by atoms with E-state index in [2.05, 4.69) is 109 Å². The van der Waals surface area contributed by atoms with E-state index in [0.29, 0.717) is 17.5 Å². The molecule has 0 aliphatic heterocycles. The van der Waals surface area contributed by atoms with Gasteiger partial charge in [0.05, 0.1) is 0 Å². The van der Waals surface area contributed by atoms with E-state index in [9.17, 15) is 0 Å². The van der Waals surface area contributed by atoms with E-state index in [1.54, 1.807) is 0 Å². The Bertz CT molecular complexity index is 2740. The summed E-state index contributed by atoms with van der Waals surface area (Å²) < 4.78 is 9.19. The molecule has 3 aromatic heterocycles. The van der Waals surface area contributed by atoms with Crippen molar-refractivity contribution in [1.29, 1.82) is 0 Å². The van der Waals surface area contributed by atoms with E-state index < -0.39 is 0 Å². The number of furan rings is 1. The third-order valence-electron chi connectivity index (χ3n) is 9.40. The second kappa shape index (κ2) is 10.8. The maximum atomic E-state index is 6.67. The van der Waals surface area contributed by atoms with Gasteiger partial charge >= 0.3 is 0 Å². The van der Waals surface area contributed by atoms with Gasteiger partial charge in [-0.25, -0.2) is 15.0 Å². The summed E-state index contributed by atoms with van der Waals surface area (Å²) in [5.74, 6) is 1.90. The van der Waals surface area contributed by atoms with Crippen LogP contribution in [0, 0.1) is 0 Å². The molecule has 0 N–H and O–H groups in total. The maximum absolute atomic E-state index is 6.67. The molecule has 9 aromatic rings. The first-order valence-electron chi connectivity index (χ1n) is 16.2. The van der Waals surface area contributed by atoms with Crippen LogP contribution in [0.15, 0.2) is 138 Å². The predicted octanol–water partition coefficient (Wildman–Crippen LogP) is 11.8. The lowest BCUT2D eigenvalue weighted by Gasteiger charge is -2.14. The van der Waals surface area contributed by atoms with Gasteiger partial charge in [-0.05, 0) is 72.0 Å². The first kappa shape index (κ1) is 27.2. The molecule has 0 amide bonds. The van der Waals surface area contributed by atoms with Crippen molar-refractivity contribution in [2.45, 2.75) is 12.8 Å². The molecule has 0 atom stereocenters. The second-order valence-corrected chi connectivity index (χ2v) is 13.4. The number of benzene rings is 6. The molecule has 0 radical (unpaired) electrons. The molecule has 0 spiro atoms. The Balaban J connectivity index is 1.22. The lowest BCUT2D eigenvalue weighted by Crippen LogP contribution is -2.00. The molecule has 0 saturated heterocycles. The summed E-state index contributed by atoms with van der Waals surface area (Å²) in [6, 6.07) is 44.6. The highest BCUT2D eigenvalue weighted by atomic mass is 32.1. The molecule has 48 heavy (non-hydrogen) atoms. The predicted molar refractivity (Wildman–Crippen MR) is 199 cm³/mol. The number of nitrogens with zero attached hydrogens (tertiary/aromatic N) is 3. The van der Waals surface area contributed by atoms with Crippen LogP contribution in [0.2, 0.25) is 0 Å². The number of hydrogen-bond acceptors (Lipinski definition) is 5. The van der Waals surface area contributed by atoms with Crippen molar-refractivity contribution in [3.8, 4) is 45.3 Å². The molecular formula is C43H27N3OS. The van der Waals surface area contributed by atoms with Gasteiger partial charge in [0, 0.05) is 53.2 Å². The van der Waals surface area contributed by atoms with Crippen molar-refractivity contribution < 1.29 is 4.42 Å². The van der Waals surface area contributed by atoms with E-state index in [4.69, 9.17) is 19.4 Å². The fourth-order valence-corrected chi connectivity index (χ4v) is 8.14. The molecule has 0 saturated carbocycles. The van der Waals surface area contributed by atoms with Crippen molar-refractivity contribution in [2.75, 3.05) is 0 Å². The fourth-order valence-electron chi connectivity index (χ4n) is 7.05. The molecule has 0 bridgehead atoms. The minimum atomic E-state index is 0.618. The van der Waals surface area contributed by atoms with E-state index in [-0.39, 0.29) is 0 Å². The van der Waals surface area contributed by atoms with Crippen molar-refractivity contribution >= 4 is 59.5 Å². The fraction of sp³-hybridized carbons (Fsp3) is 0.0465. The molecule has 0 fully saturated rings. The quantitative estimate of drug-likeness (QED) is 0.193. The van der Waals surface area contributed by atoms with Gasteiger partial charge in [-0.2, -0.15) is 0 Å². The van der Waals surface area contributed by atoms with Crippen molar-refractivity contribution in [3.63, 3.8) is 0 Å². The summed E-state index contributed by atoms with van der Waals surface area (Å²) in [7, 11) is 0. The van der Waals surface area contributed by atoms with Crippen molar-refractivity contribution in [3.05, 3.63) is 145 Å². The molecule has 1 aliphatic rings. The van der Waals surface area contributed by atoms with E-state index in [0.717, 1.165) is 62.6 Å². The van der Waals surface area contributed by atoms with E-state index in [1.165, 1.54) is 31.3 Å². The molecule has 4 nitrogen and oxygen atoms in total. The Labute approximate surface area is 280 Å². The highest BCUT2D eigenvalue weighted by molar-refractivity contribution is 7.25. The van der Waals surface area contributed by atoms with Crippen LogP contribution < -0.4 is 0 Å². The Morgan fingerprint density at radius 1 is 0.542 bits per heavy atom. The minimum Gasteiger partial charge on any atom is -0.455 e. The average molecular weight is 634 g/mol. The molecule has 226 valence electrons. The number of thiophene rings is 1. The summed E-state index contributed by atoms with van der Waals surface area (Å²) in [4.78, 5) is 15.4. The first-order chi connectivity index (χ1) is 23.8. The van der Waals surface area contributed by atoms with Crippen LogP contribution >= 0.6 is 11.3 Å². The lowest BCUT2D eigenvalue weighted by molar-refractivity contribution is 0.670. The van der Waals surface area contributed by atoms with Gasteiger partial charge in [0.1, 0.15) is 11.2 Å². The number of hydrogen-bond donors (Lipinski definition) is 0. The summed E-state index contributed by atoms with van der Waals surface area (Å²) >= 11 is 1.81. The van der Waals surface area contributed by atoms with Crippen LogP contribution in [0.25, 0.3) is 93.5 Å². The minimum absolute atomic E-state index is 0.618. The lowest BCUT2D eigenvalue weighted by atomic mass is 9.92. The van der Waals surface area contributed by atoms with Crippen LogP contribution in [0.5, 0.6) is 0 Å². The van der Waals surface area contributed by atoms with Gasteiger partial charge in [-0.15, -0.1) is 11.3 Å². The molecule has 5 heteroatoms. The largest absolute Gasteiger partial charge is 0.455 e. The number of para-hydroxylation sites is 1. The molecule has 6 aromatic carbocycles. The van der Waals surface area contributed by atoms with Gasteiger partial charge in [0.15, 0.2) is 17.5 Å². The monoisotopic (exact) mass is 633 g/mol. The third-order valence-corrected chi connectivity index (χ3v) is 10.6. The van der Waals surface area contributed by atoms with Gasteiger partial charge in [-0.3, -0.25) is 0 Å². The summed E-state index contributed by atoms with van der Waals surface area (Å²) in [6.07, 6.45) is 6.59. The average Bonchev–Trinajstić information content (AvgIpc) is 3.73. The smallest absolute Gasteiger partial charge is 0.164 e. The van der Waals surface area contributed by atoms with E-state index >= 15 is 0 Å². The van der Waals surface area contributed by atoms with Crippen LogP contribution in [0.3, 0.4) is 0 Å². The zero-order valence-electron chi connectivity index (χ0n) is 25.9. The first-order valence-corrected chi connectivity index (χ1v) is 17.1. The zero-order chi connectivity index (χ0) is 31.6. The number of rotatable bonds is 4. The van der Waals surface area contributed by atoms with Gasteiger partial charge in [-0.1, -0.05) is 97.1 Å². The number of allylic oxidation sites excluding steroid dienone is 1. The van der Waals surface area contributed by atoms with Gasteiger partial charge < -0.3 is 4.42 Å². The van der Waals surface area contributed by atoms with Crippen LogP contribution in [-0.2, 0) is 6.42 Å². The Hall–Kier alpha value is -5.91. The van der Waals surface area contributed by atoms with Crippen molar-refractivity contribution in [2.24, 2.45) is 0 Å². The van der Waals surface area contributed by atoms with E-state index in [1.807, 2.05) is 41.7 Å². The normalized spacial score (nSPS) is 12.8. The molecular weight excluding hydrogens is 607 g/mol. The SMILES string of the molecule is C1=Cc2ccc(-c3ccc(-c4nc(-c5ccccc5)nc(-c5ccc6sc7ccccc7c6c5)n4)c4c3oc3ccccc34)cc2CC1. The Morgan fingerprint density at radius 3 is 2.19 bits per heavy atom. The summed E-state index contributed by atoms with van der Waals surface area (Å²) in [5.41, 5.74) is 9.38. The highest BCUT2D eigenvalue weighted by Crippen LogP contribution is 2.42. The van der Waals surface area contributed by atoms with Crippen LogP contribution in [0.4, 0.5) is 0 Å². The molecule has 3 heterocycles. The van der Waals surface area contributed by atoms with Crippen LogP contribution in [-0.4, -0.2) is 15.0 Å². The Morgan fingerprint density at radius 2 is 1.27 bits per heavy atom. The summed E-state index contributed by atoms with van der Waals surface area (Å²) in [5, 5.41) is 4.51. The second-order valence-electron chi connectivity index (χ2n) is 12.3. The number of aryl methyl sites for hydroxylation is 1. The standard InChI is InChI=1S/C43H27N3OS/c1-2-11-27(12-3-1)41-44-42(30-20-23-38-35(25-30)32-14-7-9-17-37(32)48-38)46-43(45-41)34-22-21-31(29-19-18-26-10-4-5-13-28(26)24-29)40-39(34)33-15-6-8-16-36(33)47-40/h1-4,6-12,14-25H,5,13H2. The number of aromatic nitrogens is 3. The maximum Gasteiger partial charge on any atom is 0.164 e. The number of fused-ring (bicyclic) bond motifs is 7. The molecule has 10 rings (SSSR count). The summed E-state index contributed by atoms with van der Waals surface area (Å²) in [6.45, 7) is 0. The zero-order valence-corrected chi connectivity index (χ0v) is 26.7. The Kier molecular flexibility index (Phi) is 6.14. The third kappa shape index (κ3) is 4.39. The van der Waals surface area contributed by atoms with Gasteiger partial charge in [0.25, 0.3) is 0 Å². The topological polar surface area (TPSA) is 51.8 Å². The van der Waals surface area contributed by atoms with Crippen molar-refractivity contribution in [1.82, 2.24) is 15.0 Å².